The summed E-state index contributed by atoms with van der Waals surface area (Å²) >= 11 is 0. The molecule has 4 aliphatic rings. The number of para-hydroxylation sites is 1. The van der Waals surface area contributed by atoms with Crippen LogP contribution in [0.4, 0.5) is 5.69 Å². The molecule has 1 aromatic carbocycles. The first kappa shape index (κ1) is 15.6. The van der Waals surface area contributed by atoms with E-state index in [4.69, 9.17) is 0 Å². The number of imide groups is 1. The van der Waals surface area contributed by atoms with Crippen LogP contribution < -0.4 is 21.2 Å². The van der Waals surface area contributed by atoms with Crippen LogP contribution in [0.25, 0.3) is 11.0 Å². The van der Waals surface area contributed by atoms with Crippen molar-refractivity contribution in [2.24, 2.45) is 7.05 Å². The minimum Gasteiger partial charge on any atom is -0.367 e. The predicted molar refractivity (Wildman–Crippen MR) is 96.1 cm³/mol. The predicted octanol–water partition coefficient (Wildman–Crippen LogP) is -0.132. The lowest BCUT2D eigenvalue weighted by molar-refractivity contribution is -0.135. The lowest BCUT2D eigenvalue weighted by Crippen LogP contribution is -2.67. The van der Waals surface area contributed by atoms with Gasteiger partial charge in [0.15, 0.2) is 0 Å². The van der Waals surface area contributed by atoms with Gasteiger partial charge in [-0.15, -0.1) is 0 Å². The van der Waals surface area contributed by atoms with E-state index in [0.717, 1.165) is 29.8 Å². The minimum absolute atomic E-state index is 0.220. The van der Waals surface area contributed by atoms with E-state index in [9.17, 15) is 14.4 Å². The van der Waals surface area contributed by atoms with E-state index in [1.807, 2.05) is 18.2 Å². The molecule has 4 aliphatic heterocycles. The second-order valence-electron chi connectivity index (χ2n) is 7.52. The van der Waals surface area contributed by atoms with Gasteiger partial charge >= 0.3 is 5.69 Å². The SMILES string of the molecule is Cn1c(=O)n(C2CCC(=O)NC2=O)c2cccc(N3CC4CC(C3)N4)c21. The van der Waals surface area contributed by atoms with Crippen LogP contribution in [-0.4, -0.2) is 46.1 Å². The molecule has 2 aromatic rings. The first-order chi connectivity index (χ1) is 12.5. The van der Waals surface area contributed by atoms with Gasteiger partial charge in [-0.05, 0) is 25.0 Å². The fourth-order valence-corrected chi connectivity index (χ4v) is 4.61. The maximum atomic E-state index is 13.0. The Kier molecular flexibility index (Phi) is 3.27. The molecule has 26 heavy (non-hydrogen) atoms. The zero-order valence-corrected chi connectivity index (χ0v) is 14.6. The molecular weight excluding hydrogens is 334 g/mol. The number of rotatable bonds is 2. The number of amides is 2. The molecule has 1 aromatic heterocycles. The quantitative estimate of drug-likeness (QED) is 0.733. The number of imidazole rings is 1. The largest absolute Gasteiger partial charge is 0.367 e. The van der Waals surface area contributed by atoms with Gasteiger partial charge in [0.25, 0.3) is 0 Å². The molecule has 2 bridgehead atoms. The van der Waals surface area contributed by atoms with Gasteiger partial charge in [-0.1, -0.05) is 6.07 Å². The topological polar surface area (TPSA) is 88.4 Å². The molecular formula is C18H21N5O3. The normalized spacial score (nSPS) is 28.2. The first-order valence-electron chi connectivity index (χ1n) is 9.07. The fraction of sp³-hybridized carbons (Fsp3) is 0.500. The van der Waals surface area contributed by atoms with Crippen LogP contribution in [0.2, 0.25) is 0 Å². The molecule has 6 rings (SSSR count). The molecule has 4 fully saturated rings. The Bertz CT molecular complexity index is 975. The van der Waals surface area contributed by atoms with Crippen molar-refractivity contribution in [1.29, 1.82) is 0 Å². The van der Waals surface area contributed by atoms with Gasteiger partial charge in [0.2, 0.25) is 11.8 Å². The summed E-state index contributed by atoms with van der Waals surface area (Å²) in [5.41, 5.74) is 2.41. The number of piperidine rings is 2. The monoisotopic (exact) mass is 355 g/mol. The Balaban J connectivity index is 1.64. The summed E-state index contributed by atoms with van der Waals surface area (Å²) in [5, 5.41) is 5.87. The Morgan fingerprint density at radius 1 is 1.12 bits per heavy atom. The lowest BCUT2D eigenvalue weighted by Gasteiger charge is -2.49. The molecule has 0 saturated carbocycles. The van der Waals surface area contributed by atoms with Crippen LogP contribution in [0.5, 0.6) is 0 Å². The highest BCUT2D eigenvalue weighted by atomic mass is 16.2. The zero-order chi connectivity index (χ0) is 18.0. The number of anilines is 1. The second kappa shape index (κ2) is 5.44. The average Bonchev–Trinajstić information content (AvgIpc) is 2.86. The van der Waals surface area contributed by atoms with Crippen LogP contribution in [-0.2, 0) is 16.6 Å². The molecule has 2 amide bonds. The molecule has 3 atom stereocenters. The van der Waals surface area contributed by atoms with Gasteiger partial charge in [-0.2, -0.15) is 0 Å². The molecule has 2 N–H and O–H groups in total. The molecule has 0 aliphatic carbocycles. The van der Waals surface area contributed by atoms with Crippen molar-refractivity contribution < 1.29 is 9.59 Å². The standard InChI is InChI=1S/C18H21N5O3/c1-21-16-12(22-8-10-7-11(9-22)19-10)3-2-4-13(16)23(18(21)26)14-5-6-15(24)20-17(14)25/h2-4,10-11,14,19H,5-9H2,1H3,(H,20,24,25). The third-order valence-electron chi connectivity index (χ3n) is 5.87. The Labute approximate surface area is 149 Å². The van der Waals surface area contributed by atoms with E-state index in [0.29, 0.717) is 18.5 Å². The number of nitrogens with zero attached hydrogens (tertiary/aromatic N) is 3. The molecule has 0 spiro atoms. The van der Waals surface area contributed by atoms with Crippen molar-refractivity contribution in [3.8, 4) is 0 Å². The molecule has 0 radical (unpaired) electrons. The van der Waals surface area contributed by atoms with Gasteiger partial charge in [0, 0.05) is 38.6 Å². The Hall–Kier alpha value is -2.61. The number of nitrogens with one attached hydrogen (secondary N) is 2. The number of hydrogen-bond acceptors (Lipinski definition) is 5. The molecule has 136 valence electrons. The van der Waals surface area contributed by atoms with Gasteiger partial charge in [0.1, 0.15) is 6.04 Å². The van der Waals surface area contributed by atoms with Crippen LogP contribution in [0.3, 0.4) is 0 Å². The first-order valence-corrected chi connectivity index (χ1v) is 9.07. The third-order valence-corrected chi connectivity index (χ3v) is 5.87. The van der Waals surface area contributed by atoms with Crippen LogP contribution in [0.15, 0.2) is 23.0 Å². The Morgan fingerprint density at radius 2 is 1.85 bits per heavy atom. The molecule has 3 unspecified atom stereocenters. The number of aryl methyl sites for hydroxylation is 1. The number of aromatic nitrogens is 2. The summed E-state index contributed by atoms with van der Waals surface area (Å²) in [4.78, 5) is 39.1. The number of benzene rings is 1. The van der Waals surface area contributed by atoms with Gasteiger partial charge in [-0.3, -0.25) is 24.0 Å². The van der Waals surface area contributed by atoms with Crippen LogP contribution in [0, 0.1) is 0 Å². The zero-order valence-electron chi connectivity index (χ0n) is 14.6. The summed E-state index contributed by atoms with van der Waals surface area (Å²) in [6.07, 6.45) is 1.81. The number of piperazine rings is 1. The second-order valence-corrected chi connectivity index (χ2v) is 7.52. The molecule has 8 nitrogen and oxygen atoms in total. The summed E-state index contributed by atoms with van der Waals surface area (Å²) < 4.78 is 3.17. The van der Waals surface area contributed by atoms with E-state index in [2.05, 4.69) is 15.5 Å². The van der Waals surface area contributed by atoms with E-state index >= 15 is 0 Å². The van der Waals surface area contributed by atoms with Gasteiger partial charge < -0.3 is 10.2 Å². The van der Waals surface area contributed by atoms with E-state index in [-0.39, 0.29) is 18.0 Å². The number of fused-ring (bicyclic) bond motifs is 3. The van der Waals surface area contributed by atoms with Gasteiger partial charge in [0.05, 0.1) is 16.7 Å². The van der Waals surface area contributed by atoms with E-state index in [1.165, 1.54) is 6.42 Å². The van der Waals surface area contributed by atoms with Crippen LogP contribution in [0.1, 0.15) is 25.3 Å². The number of hydrogen-bond donors (Lipinski definition) is 2. The van der Waals surface area contributed by atoms with E-state index in [1.54, 1.807) is 16.2 Å². The third kappa shape index (κ3) is 2.14. The van der Waals surface area contributed by atoms with Crippen molar-refractivity contribution in [2.75, 3.05) is 18.0 Å². The molecule has 5 heterocycles. The maximum Gasteiger partial charge on any atom is 0.329 e. The minimum atomic E-state index is -0.643. The summed E-state index contributed by atoms with van der Waals surface area (Å²) in [6.45, 7) is 1.85. The smallest absolute Gasteiger partial charge is 0.329 e. The maximum absolute atomic E-state index is 13.0. The lowest BCUT2D eigenvalue weighted by atomic mass is 9.91. The Morgan fingerprint density at radius 3 is 2.54 bits per heavy atom. The van der Waals surface area contributed by atoms with Crippen molar-refractivity contribution in [3.05, 3.63) is 28.7 Å². The highest BCUT2D eigenvalue weighted by molar-refractivity contribution is 6.00. The fourth-order valence-electron chi connectivity index (χ4n) is 4.61. The van der Waals surface area contributed by atoms with Crippen molar-refractivity contribution in [1.82, 2.24) is 19.8 Å². The summed E-state index contributed by atoms with van der Waals surface area (Å²) in [7, 11) is 1.75. The van der Waals surface area contributed by atoms with Crippen LogP contribution >= 0.6 is 0 Å². The summed E-state index contributed by atoms with van der Waals surface area (Å²) in [5.74, 6) is -0.676. The highest BCUT2D eigenvalue weighted by Gasteiger charge is 2.38. The van der Waals surface area contributed by atoms with Crippen molar-refractivity contribution in [2.45, 2.75) is 37.4 Å². The summed E-state index contributed by atoms with van der Waals surface area (Å²) in [6, 6.07) is 6.24. The average molecular weight is 355 g/mol. The van der Waals surface area contributed by atoms with Gasteiger partial charge in [-0.25, -0.2) is 4.79 Å². The van der Waals surface area contributed by atoms with Crippen molar-refractivity contribution >= 4 is 28.5 Å². The highest BCUT2D eigenvalue weighted by Crippen LogP contribution is 2.33. The molecule has 4 saturated heterocycles. The molecule has 8 heteroatoms. The van der Waals surface area contributed by atoms with Crippen molar-refractivity contribution in [3.63, 3.8) is 0 Å². The number of carbonyl (C=O) groups excluding carboxylic acids is 2. The van der Waals surface area contributed by atoms with E-state index < -0.39 is 11.9 Å². The number of carbonyl (C=O) groups is 2.